The molecule has 0 atom stereocenters. The molecular formula is C30H55N. The van der Waals surface area contributed by atoms with Gasteiger partial charge < -0.3 is 0 Å². The van der Waals surface area contributed by atoms with Gasteiger partial charge in [-0.15, -0.1) is 0 Å². The molecule has 31 heavy (non-hydrogen) atoms. The number of nitrogens with zero attached hydrogens (tertiary/aromatic N) is 1. The largest absolute Gasteiger partial charge is 0.198 e. The van der Waals surface area contributed by atoms with Crippen LogP contribution < -0.4 is 0 Å². The third-order valence-electron chi connectivity index (χ3n) is 9.01. The van der Waals surface area contributed by atoms with Gasteiger partial charge in [0.05, 0.1) is 11.5 Å². The number of nitriles is 1. The standard InChI is InChI=1S/C30H55N/c1-3-5-7-9-10-11-13-15-23-30(26-31)24-21-29(22-25-30)28-19-17-27(18-20-28)16-14-12-8-6-4-2/h27-29H,3-25H2,1-2H3/t27?,28?,29-,30+. The quantitative estimate of drug-likeness (QED) is 0.224. The highest BCUT2D eigenvalue weighted by molar-refractivity contribution is 5.02. The predicted octanol–water partition coefficient (Wildman–Crippen LogP) is 10.4. The van der Waals surface area contributed by atoms with Crippen LogP contribution in [0.5, 0.6) is 0 Å². The van der Waals surface area contributed by atoms with E-state index < -0.39 is 0 Å². The molecule has 0 bridgehead atoms. The van der Waals surface area contributed by atoms with E-state index in [9.17, 15) is 5.26 Å². The van der Waals surface area contributed by atoms with Crippen molar-refractivity contribution >= 4 is 0 Å². The van der Waals surface area contributed by atoms with Crippen molar-refractivity contribution in [3.8, 4) is 6.07 Å². The summed E-state index contributed by atoms with van der Waals surface area (Å²) in [6.07, 6.45) is 31.9. The lowest BCUT2D eigenvalue weighted by molar-refractivity contribution is 0.114. The Morgan fingerprint density at radius 2 is 1.10 bits per heavy atom. The maximum atomic E-state index is 9.96. The van der Waals surface area contributed by atoms with Gasteiger partial charge in [0, 0.05) is 0 Å². The molecule has 0 spiro atoms. The molecular weight excluding hydrogens is 374 g/mol. The van der Waals surface area contributed by atoms with Gasteiger partial charge in [-0.1, -0.05) is 117 Å². The summed E-state index contributed by atoms with van der Waals surface area (Å²) >= 11 is 0. The normalized spacial score (nSPS) is 29.0. The summed E-state index contributed by atoms with van der Waals surface area (Å²) in [5.74, 6) is 2.95. The third-order valence-corrected chi connectivity index (χ3v) is 9.01. The van der Waals surface area contributed by atoms with Gasteiger partial charge >= 0.3 is 0 Å². The lowest BCUT2D eigenvalue weighted by Crippen LogP contribution is -2.31. The topological polar surface area (TPSA) is 23.8 Å². The minimum atomic E-state index is 0.0361. The first-order valence-corrected chi connectivity index (χ1v) is 14.6. The van der Waals surface area contributed by atoms with Gasteiger partial charge in [0.15, 0.2) is 0 Å². The van der Waals surface area contributed by atoms with E-state index in [1.807, 2.05) is 0 Å². The highest BCUT2D eigenvalue weighted by Gasteiger charge is 2.38. The van der Waals surface area contributed by atoms with Crippen LogP contribution in [0.2, 0.25) is 0 Å². The Morgan fingerprint density at radius 1 is 0.613 bits per heavy atom. The average Bonchev–Trinajstić information content (AvgIpc) is 2.81. The van der Waals surface area contributed by atoms with E-state index in [4.69, 9.17) is 0 Å². The molecule has 2 aliphatic carbocycles. The molecule has 0 saturated heterocycles. The second-order valence-electron chi connectivity index (χ2n) is 11.4. The minimum Gasteiger partial charge on any atom is -0.198 e. The number of rotatable bonds is 16. The first-order chi connectivity index (χ1) is 15.2. The highest BCUT2D eigenvalue weighted by Crippen LogP contribution is 2.47. The van der Waals surface area contributed by atoms with Crippen molar-refractivity contribution in [1.29, 1.82) is 5.26 Å². The average molecular weight is 430 g/mol. The number of hydrogen-bond donors (Lipinski definition) is 0. The van der Waals surface area contributed by atoms with Crippen LogP contribution in [0, 0.1) is 34.5 Å². The van der Waals surface area contributed by atoms with E-state index in [2.05, 4.69) is 19.9 Å². The molecule has 2 saturated carbocycles. The van der Waals surface area contributed by atoms with Crippen LogP contribution in [-0.4, -0.2) is 0 Å². The van der Waals surface area contributed by atoms with Crippen molar-refractivity contribution in [2.45, 2.75) is 162 Å². The van der Waals surface area contributed by atoms with E-state index in [1.165, 1.54) is 148 Å². The van der Waals surface area contributed by atoms with E-state index in [0.29, 0.717) is 0 Å². The Labute approximate surface area is 196 Å². The summed E-state index contributed by atoms with van der Waals surface area (Å²) in [5, 5.41) is 9.96. The minimum absolute atomic E-state index is 0.0361. The van der Waals surface area contributed by atoms with E-state index in [1.54, 1.807) is 0 Å². The van der Waals surface area contributed by atoms with Gasteiger partial charge in [0.1, 0.15) is 0 Å². The van der Waals surface area contributed by atoms with Gasteiger partial charge in [-0.05, 0) is 62.7 Å². The summed E-state index contributed by atoms with van der Waals surface area (Å²) in [4.78, 5) is 0. The molecule has 0 aromatic heterocycles. The fourth-order valence-corrected chi connectivity index (χ4v) is 6.66. The van der Waals surface area contributed by atoms with Gasteiger partial charge in [0.25, 0.3) is 0 Å². The summed E-state index contributed by atoms with van der Waals surface area (Å²) < 4.78 is 0. The predicted molar refractivity (Wildman–Crippen MR) is 136 cm³/mol. The Balaban J connectivity index is 1.57. The van der Waals surface area contributed by atoms with Crippen molar-refractivity contribution in [3.63, 3.8) is 0 Å². The van der Waals surface area contributed by atoms with E-state index in [-0.39, 0.29) is 5.41 Å². The number of hydrogen-bond acceptors (Lipinski definition) is 1. The molecule has 0 aromatic carbocycles. The first-order valence-electron chi connectivity index (χ1n) is 14.6. The van der Waals surface area contributed by atoms with Crippen LogP contribution in [0.4, 0.5) is 0 Å². The third kappa shape index (κ3) is 10.3. The summed E-state index contributed by atoms with van der Waals surface area (Å²) in [5.41, 5.74) is 0.0361. The van der Waals surface area contributed by atoms with Crippen LogP contribution in [-0.2, 0) is 0 Å². The Bertz CT molecular complexity index is 459. The lowest BCUT2D eigenvalue weighted by atomic mass is 9.63. The molecule has 0 aromatic rings. The summed E-state index contributed by atoms with van der Waals surface area (Å²) in [6, 6.07) is 2.80. The molecule has 1 nitrogen and oxygen atoms in total. The van der Waals surface area contributed by atoms with Crippen LogP contribution >= 0.6 is 0 Å². The Morgan fingerprint density at radius 3 is 1.65 bits per heavy atom. The molecule has 0 aliphatic heterocycles. The molecule has 2 rings (SSSR count). The summed E-state index contributed by atoms with van der Waals surface area (Å²) in [7, 11) is 0. The van der Waals surface area contributed by atoms with Crippen LogP contribution in [0.3, 0.4) is 0 Å². The smallest absolute Gasteiger partial charge is 0.0689 e. The van der Waals surface area contributed by atoms with Gasteiger partial charge in [-0.3, -0.25) is 0 Å². The zero-order chi connectivity index (χ0) is 22.2. The molecule has 2 fully saturated rings. The molecule has 0 unspecified atom stereocenters. The van der Waals surface area contributed by atoms with E-state index in [0.717, 1.165) is 17.8 Å². The van der Waals surface area contributed by atoms with Crippen molar-refractivity contribution < 1.29 is 0 Å². The fraction of sp³-hybridized carbons (Fsp3) is 0.967. The van der Waals surface area contributed by atoms with Crippen molar-refractivity contribution in [2.24, 2.45) is 23.2 Å². The second-order valence-corrected chi connectivity index (χ2v) is 11.4. The SMILES string of the molecule is CCCCCCCCCC[C@]1(C#N)CC[C@@H](C2CCC(CCCCCCC)CC2)CC1. The van der Waals surface area contributed by atoms with Gasteiger partial charge in [-0.25, -0.2) is 0 Å². The molecule has 0 radical (unpaired) electrons. The maximum absolute atomic E-state index is 9.96. The van der Waals surface area contributed by atoms with Crippen molar-refractivity contribution in [1.82, 2.24) is 0 Å². The molecule has 180 valence electrons. The second kappa shape index (κ2) is 16.2. The fourth-order valence-electron chi connectivity index (χ4n) is 6.66. The highest BCUT2D eigenvalue weighted by atomic mass is 14.4. The van der Waals surface area contributed by atoms with E-state index >= 15 is 0 Å². The number of unbranched alkanes of at least 4 members (excludes halogenated alkanes) is 11. The Hall–Kier alpha value is -0.510. The zero-order valence-electron chi connectivity index (χ0n) is 21.4. The maximum Gasteiger partial charge on any atom is 0.0689 e. The molecule has 0 heterocycles. The van der Waals surface area contributed by atoms with Crippen molar-refractivity contribution in [2.75, 3.05) is 0 Å². The zero-order valence-corrected chi connectivity index (χ0v) is 21.4. The van der Waals surface area contributed by atoms with Crippen molar-refractivity contribution in [3.05, 3.63) is 0 Å². The van der Waals surface area contributed by atoms with Gasteiger partial charge in [-0.2, -0.15) is 5.26 Å². The molecule has 2 aliphatic rings. The first kappa shape index (κ1) is 26.7. The lowest BCUT2D eigenvalue weighted by Gasteiger charge is -2.41. The van der Waals surface area contributed by atoms with Gasteiger partial charge in [0.2, 0.25) is 0 Å². The van der Waals surface area contributed by atoms with Crippen LogP contribution in [0.1, 0.15) is 162 Å². The summed E-state index contributed by atoms with van der Waals surface area (Å²) in [6.45, 7) is 4.60. The molecule has 0 amide bonds. The monoisotopic (exact) mass is 429 g/mol. The Kier molecular flexibility index (Phi) is 13.9. The molecule has 0 N–H and O–H groups in total. The molecule has 1 heteroatoms. The van der Waals surface area contributed by atoms with Crippen LogP contribution in [0.25, 0.3) is 0 Å². The van der Waals surface area contributed by atoms with Crippen LogP contribution in [0.15, 0.2) is 0 Å².